The molecule has 7 heteroatoms. The molecule has 0 heterocycles. The second-order valence-electron chi connectivity index (χ2n) is 5.95. The Morgan fingerprint density at radius 1 is 1.04 bits per heavy atom. The Morgan fingerprint density at radius 3 is 2.04 bits per heavy atom. The molecule has 0 N–H and O–H groups in total. The first-order valence-corrected chi connectivity index (χ1v) is 9.39. The van der Waals surface area contributed by atoms with E-state index in [2.05, 4.69) is 0 Å². The van der Waals surface area contributed by atoms with Crippen LogP contribution in [0, 0.1) is 12.7 Å². The molecule has 2 aromatic carbocycles. The van der Waals surface area contributed by atoms with Gasteiger partial charge in [-0.15, -0.1) is 11.6 Å². The normalized spacial score (nSPS) is 12.3. The Hall–Kier alpha value is -2.05. The number of halogens is 2. The van der Waals surface area contributed by atoms with Crippen molar-refractivity contribution < 1.29 is 23.5 Å². The van der Waals surface area contributed by atoms with Crippen molar-refractivity contribution in [1.82, 2.24) is 0 Å². The van der Waals surface area contributed by atoms with Crippen LogP contribution in [0.25, 0.3) is 0 Å². The molecule has 0 bridgehead atoms. The molecule has 2 rings (SSSR count). The largest absolute Gasteiger partial charge is 0.468 e. The predicted octanol–water partition coefficient (Wildman–Crippen LogP) is 4.68. The molecular weight excluding hydrogens is 391 g/mol. The number of benzene rings is 2. The number of thioether (sulfide) groups is 1. The van der Waals surface area contributed by atoms with Crippen LogP contribution in [0.3, 0.4) is 0 Å². The van der Waals surface area contributed by atoms with Crippen LogP contribution < -0.4 is 0 Å². The average Bonchev–Trinajstić information content (AvgIpc) is 2.68. The van der Waals surface area contributed by atoms with E-state index in [0.717, 1.165) is 17.3 Å². The molecule has 0 aliphatic heterocycles. The zero-order valence-corrected chi connectivity index (χ0v) is 16.8. The second kappa shape index (κ2) is 9.24. The zero-order chi connectivity index (χ0) is 20.0. The number of ether oxygens (including phenoxy) is 2. The van der Waals surface area contributed by atoms with Crippen molar-refractivity contribution in [3.8, 4) is 0 Å². The van der Waals surface area contributed by atoms with Gasteiger partial charge >= 0.3 is 11.9 Å². The minimum absolute atomic E-state index is 0.0852. The van der Waals surface area contributed by atoms with Gasteiger partial charge in [0.25, 0.3) is 0 Å². The SMILES string of the molecule is COC(=O)C(CC(Cl)c1ccc(F)cc1)(Sc1ccc(C)cc1)C(=O)OC. The van der Waals surface area contributed by atoms with E-state index in [4.69, 9.17) is 21.1 Å². The minimum Gasteiger partial charge on any atom is -0.468 e. The Balaban J connectivity index is 2.42. The Bertz CT molecular complexity index is 777. The van der Waals surface area contributed by atoms with Gasteiger partial charge < -0.3 is 9.47 Å². The molecule has 27 heavy (non-hydrogen) atoms. The smallest absolute Gasteiger partial charge is 0.333 e. The topological polar surface area (TPSA) is 52.6 Å². The molecule has 0 spiro atoms. The van der Waals surface area contributed by atoms with Gasteiger partial charge in [-0.3, -0.25) is 0 Å². The van der Waals surface area contributed by atoms with Crippen LogP contribution in [0.2, 0.25) is 0 Å². The van der Waals surface area contributed by atoms with Crippen molar-refractivity contribution in [2.24, 2.45) is 0 Å². The van der Waals surface area contributed by atoms with E-state index in [1.807, 2.05) is 31.2 Å². The summed E-state index contributed by atoms with van der Waals surface area (Å²) in [6.07, 6.45) is -0.0852. The van der Waals surface area contributed by atoms with E-state index in [0.29, 0.717) is 10.5 Å². The lowest BCUT2D eigenvalue weighted by Gasteiger charge is -2.29. The van der Waals surface area contributed by atoms with E-state index in [1.54, 1.807) is 0 Å². The number of methoxy groups -OCH3 is 2. The molecule has 2 aromatic rings. The number of esters is 2. The lowest BCUT2D eigenvalue weighted by molar-refractivity contribution is -0.156. The number of hydrogen-bond acceptors (Lipinski definition) is 5. The van der Waals surface area contributed by atoms with Crippen molar-refractivity contribution in [3.63, 3.8) is 0 Å². The highest BCUT2D eigenvalue weighted by atomic mass is 35.5. The fourth-order valence-corrected chi connectivity index (χ4v) is 4.28. The maximum absolute atomic E-state index is 13.2. The van der Waals surface area contributed by atoms with E-state index in [1.165, 1.54) is 38.5 Å². The Kier molecular flexibility index (Phi) is 7.27. The summed E-state index contributed by atoms with van der Waals surface area (Å²) in [6, 6.07) is 12.9. The molecule has 1 unspecified atom stereocenters. The van der Waals surface area contributed by atoms with Gasteiger partial charge in [-0.05, 0) is 36.8 Å². The Morgan fingerprint density at radius 2 is 1.56 bits per heavy atom. The van der Waals surface area contributed by atoms with Gasteiger partial charge in [-0.25, -0.2) is 14.0 Å². The van der Waals surface area contributed by atoms with Crippen LogP contribution in [0.4, 0.5) is 4.39 Å². The van der Waals surface area contributed by atoms with Gasteiger partial charge in [-0.2, -0.15) is 0 Å². The van der Waals surface area contributed by atoms with E-state index >= 15 is 0 Å². The standard InChI is InChI=1S/C20H20ClFO4S/c1-13-4-10-16(11-5-13)27-20(18(23)25-2,19(24)26-3)12-17(21)14-6-8-15(22)9-7-14/h4-11,17H,12H2,1-3H3. The van der Waals surface area contributed by atoms with Crippen molar-refractivity contribution in [2.45, 2.75) is 28.4 Å². The fraction of sp³-hybridized carbons (Fsp3) is 0.300. The third kappa shape index (κ3) is 5.02. The molecule has 0 aliphatic rings. The summed E-state index contributed by atoms with van der Waals surface area (Å²) in [6.45, 7) is 1.94. The number of carbonyl (C=O) groups is 2. The maximum Gasteiger partial charge on any atom is 0.333 e. The van der Waals surface area contributed by atoms with E-state index < -0.39 is 27.9 Å². The van der Waals surface area contributed by atoms with Crippen LogP contribution in [-0.2, 0) is 19.1 Å². The molecule has 0 aliphatic carbocycles. The highest BCUT2D eigenvalue weighted by Gasteiger charge is 2.51. The third-order valence-electron chi connectivity index (χ3n) is 4.04. The van der Waals surface area contributed by atoms with Crippen LogP contribution in [-0.4, -0.2) is 30.9 Å². The average molecular weight is 411 g/mol. The summed E-state index contributed by atoms with van der Waals surface area (Å²) < 4.78 is 21.3. The number of aryl methyl sites for hydroxylation is 1. The van der Waals surface area contributed by atoms with Gasteiger partial charge in [0.05, 0.1) is 19.6 Å². The minimum atomic E-state index is -1.69. The van der Waals surface area contributed by atoms with Crippen LogP contribution >= 0.6 is 23.4 Å². The summed E-state index contributed by atoms with van der Waals surface area (Å²) in [5, 5.41) is -0.734. The van der Waals surface area contributed by atoms with E-state index in [-0.39, 0.29) is 6.42 Å². The monoisotopic (exact) mass is 410 g/mol. The number of rotatable bonds is 7. The van der Waals surface area contributed by atoms with E-state index in [9.17, 15) is 14.0 Å². The van der Waals surface area contributed by atoms with Crippen molar-refractivity contribution in [1.29, 1.82) is 0 Å². The van der Waals surface area contributed by atoms with Gasteiger partial charge in [0.1, 0.15) is 5.82 Å². The zero-order valence-electron chi connectivity index (χ0n) is 15.2. The first kappa shape index (κ1) is 21.3. The second-order valence-corrected chi connectivity index (χ2v) is 7.85. The van der Waals surface area contributed by atoms with Gasteiger partial charge in [0, 0.05) is 11.3 Å². The van der Waals surface area contributed by atoms with Crippen molar-refractivity contribution in [3.05, 3.63) is 65.5 Å². The molecule has 0 aromatic heterocycles. The Labute approximate surface area is 167 Å². The van der Waals surface area contributed by atoms with Gasteiger partial charge in [0.2, 0.25) is 4.75 Å². The number of alkyl halides is 1. The molecule has 1 atom stereocenters. The highest BCUT2D eigenvalue weighted by Crippen LogP contribution is 2.43. The van der Waals surface area contributed by atoms with Gasteiger partial charge in [-0.1, -0.05) is 41.6 Å². The molecule has 0 saturated carbocycles. The summed E-state index contributed by atoms with van der Waals surface area (Å²) >= 11 is 7.51. The first-order valence-electron chi connectivity index (χ1n) is 8.14. The quantitative estimate of drug-likeness (QED) is 0.287. The lowest BCUT2D eigenvalue weighted by Crippen LogP contribution is -2.46. The van der Waals surface area contributed by atoms with Crippen molar-refractivity contribution >= 4 is 35.3 Å². The lowest BCUT2D eigenvalue weighted by atomic mass is 9.98. The maximum atomic E-state index is 13.2. The molecule has 0 radical (unpaired) electrons. The first-order chi connectivity index (χ1) is 12.8. The predicted molar refractivity (Wildman–Crippen MR) is 103 cm³/mol. The third-order valence-corrected chi connectivity index (χ3v) is 5.80. The molecule has 0 fully saturated rings. The number of hydrogen-bond donors (Lipinski definition) is 0. The molecular formula is C20H20ClFO4S. The van der Waals surface area contributed by atoms with Crippen LogP contribution in [0.5, 0.6) is 0 Å². The fourth-order valence-electron chi connectivity index (χ4n) is 2.55. The van der Waals surface area contributed by atoms with Crippen LogP contribution in [0.15, 0.2) is 53.4 Å². The summed E-state index contributed by atoms with van der Waals surface area (Å²) in [4.78, 5) is 26.0. The number of carbonyl (C=O) groups excluding carboxylic acids is 2. The summed E-state index contributed by atoms with van der Waals surface area (Å²) in [5.74, 6) is -1.91. The van der Waals surface area contributed by atoms with Gasteiger partial charge in [0.15, 0.2) is 0 Å². The summed E-state index contributed by atoms with van der Waals surface area (Å²) in [5.41, 5.74) is 1.63. The molecule has 144 valence electrons. The highest BCUT2D eigenvalue weighted by molar-refractivity contribution is 8.02. The van der Waals surface area contributed by atoms with Crippen LogP contribution in [0.1, 0.15) is 22.9 Å². The molecule has 0 amide bonds. The molecule has 4 nitrogen and oxygen atoms in total. The van der Waals surface area contributed by atoms with Crippen molar-refractivity contribution in [2.75, 3.05) is 14.2 Å². The summed E-state index contributed by atoms with van der Waals surface area (Å²) in [7, 11) is 2.41. The molecule has 0 saturated heterocycles.